The SMILES string of the molecule is O=C(NCc1ccc(S(=O)(=O)c2ccc(CCCCO)cc2)cc1)c1cnc2nccn2c1. The molecule has 0 aliphatic heterocycles. The molecule has 4 rings (SSSR count). The van der Waals surface area contributed by atoms with Gasteiger partial charge in [0.05, 0.1) is 15.4 Å². The van der Waals surface area contributed by atoms with Crippen LogP contribution >= 0.6 is 0 Å². The van der Waals surface area contributed by atoms with Gasteiger partial charge in [0, 0.05) is 37.9 Å². The number of carbonyl (C=O) groups excluding carboxylic acids is 1. The van der Waals surface area contributed by atoms with E-state index in [1.165, 1.54) is 6.20 Å². The summed E-state index contributed by atoms with van der Waals surface area (Å²) in [4.78, 5) is 21.0. The van der Waals surface area contributed by atoms with Crippen LogP contribution in [0.25, 0.3) is 5.78 Å². The Balaban J connectivity index is 1.39. The molecule has 0 bridgehead atoms. The molecule has 8 nitrogen and oxygen atoms in total. The van der Waals surface area contributed by atoms with Gasteiger partial charge in [0.2, 0.25) is 15.6 Å². The molecule has 0 unspecified atom stereocenters. The van der Waals surface area contributed by atoms with E-state index >= 15 is 0 Å². The third-order valence-electron chi connectivity index (χ3n) is 5.30. The lowest BCUT2D eigenvalue weighted by Gasteiger charge is -2.09. The van der Waals surface area contributed by atoms with E-state index < -0.39 is 9.84 Å². The van der Waals surface area contributed by atoms with Crippen molar-refractivity contribution in [2.24, 2.45) is 0 Å². The third kappa shape index (κ3) is 5.27. The first-order valence-corrected chi connectivity index (χ1v) is 12.1. The van der Waals surface area contributed by atoms with Crippen LogP contribution < -0.4 is 5.32 Å². The Labute approximate surface area is 191 Å². The predicted octanol–water partition coefficient (Wildman–Crippen LogP) is 2.81. The van der Waals surface area contributed by atoms with Gasteiger partial charge >= 0.3 is 0 Å². The summed E-state index contributed by atoms with van der Waals surface area (Å²) < 4.78 is 27.5. The van der Waals surface area contributed by atoms with E-state index in [0.29, 0.717) is 11.3 Å². The van der Waals surface area contributed by atoms with Crippen molar-refractivity contribution in [1.29, 1.82) is 0 Å². The number of nitrogens with zero attached hydrogens (tertiary/aromatic N) is 3. The number of aliphatic hydroxyl groups excluding tert-OH is 1. The highest BCUT2D eigenvalue weighted by Crippen LogP contribution is 2.22. The molecule has 2 heterocycles. The first-order chi connectivity index (χ1) is 16.0. The van der Waals surface area contributed by atoms with Crippen LogP contribution in [0.3, 0.4) is 0 Å². The highest BCUT2D eigenvalue weighted by molar-refractivity contribution is 7.91. The first-order valence-electron chi connectivity index (χ1n) is 10.6. The largest absolute Gasteiger partial charge is 0.396 e. The molecule has 0 spiro atoms. The van der Waals surface area contributed by atoms with Gasteiger partial charge in [-0.2, -0.15) is 0 Å². The first kappa shape index (κ1) is 22.6. The molecular weight excluding hydrogens is 440 g/mol. The monoisotopic (exact) mass is 464 g/mol. The molecule has 4 aromatic rings. The Morgan fingerprint density at radius 3 is 2.27 bits per heavy atom. The second-order valence-corrected chi connectivity index (χ2v) is 9.58. The molecular formula is C24H24N4O4S. The van der Waals surface area contributed by atoms with Crippen molar-refractivity contribution in [3.63, 3.8) is 0 Å². The highest BCUT2D eigenvalue weighted by Gasteiger charge is 2.17. The number of rotatable bonds is 9. The number of aromatic nitrogens is 3. The van der Waals surface area contributed by atoms with Crippen LogP contribution in [0, 0.1) is 0 Å². The van der Waals surface area contributed by atoms with Crippen LogP contribution in [0.4, 0.5) is 0 Å². The summed E-state index contributed by atoms with van der Waals surface area (Å²) in [7, 11) is -3.63. The average Bonchev–Trinajstić information content (AvgIpc) is 3.31. The van der Waals surface area contributed by atoms with Crippen LogP contribution in [0.5, 0.6) is 0 Å². The molecule has 0 aliphatic rings. The zero-order chi connectivity index (χ0) is 23.3. The average molecular weight is 465 g/mol. The number of imidazole rings is 1. The van der Waals surface area contributed by atoms with Gasteiger partial charge in [-0.3, -0.25) is 9.20 Å². The van der Waals surface area contributed by atoms with E-state index in [0.717, 1.165) is 30.4 Å². The van der Waals surface area contributed by atoms with E-state index in [1.807, 2.05) is 12.1 Å². The van der Waals surface area contributed by atoms with Crippen LogP contribution in [0.1, 0.15) is 34.3 Å². The van der Waals surface area contributed by atoms with Crippen molar-refractivity contribution >= 4 is 21.5 Å². The Bertz CT molecular complexity index is 1350. The van der Waals surface area contributed by atoms with Crippen molar-refractivity contribution in [3.8, 4) is 0 Å². The molecule has 0 fully saturated rings. The molecule has 33 heavy (non-hydrogen) atoms. The van der Waals surface area contributed by atoms with Gasteiger partial charge in [0.25, 0.3) is 5.91 Å². The Morgan fingerprint density at radius 2 is 1.61 bits per heavy atom. The van der Waals surface area contributed by atoms with Crippen LogP contribution in [-0.2, 0) is 22.8 Å². The Hall–Kier alpha value is -3.56. The second kappa shape index (κ2) is 9.93. The van der Waals surface area contributed by atoms with Crippen molar-refractivity contribution < 1.29 is 18.3 Å². The quantitative estimate of drug-likeness (QED) is 0.368. The Morgan fingerprint density at radius 1 is 0.939 bits per heavy atom. The molecule has 0 radical (unpaired) electrons. The maximum Gasteiger partial charge on any atom is 0.254 e. The van der Waals surface area contributed by atoms with Crippen LogP contribution in [0.15, 0.2) is 83.1 Å². The van der Waals surface area contributed by atoms with Crippen molar-refractivity contribution in [3.05, 3.63) is 90.0 Å². The molecule has 2 aromatic carbocycles. The minimum Gasteiger partial charge on any atom is -0.396 e. The number of unbranched alkanes of at least 4 members (excludes halogenated alkanes) is 1. The van der Waals surface area contributed by atoms with Crippen LogP contribution in [0.2, 0.25) is 0 Å². The number of aryl methyl sites for hydroxylation is 1. The van der Waals surface area contributed by atoms with E-state index in [9.17, 15) is 13.2 Å². The fraction of sp³-hybridized carbons (Fsp3) is 0.208. The number of nitrogens with one attached hydrogen (secondary N) is 1. The topological polar surface area (TPSA) is 114 Å². The fourth-order valence-corrected chi connectivity index (χ4v) is 4.68. The molecule has 0 saturated heterocycles. The normalized spacial score (nSPS) is 11.5. The second-order valence-electron chi connectivity index (χ2n) is 7.63. The summed E-state index contributed by atoms with van der Waals surface area (Å²) >= 11 is 0. The van der Waals surface area contributed by atoms with Gasteiger partial charge in [-0.15, -0.1) is 0 Å². The minimum absolute atomic E-state index is 0.157. The van der Waals surface area contributed by atoms with Crippen LogP contribution in [-0.4, -0.2) is 40.4 Å². The molecule has 0 atom stereocenters. The smallest absolute Gasteiger partial charge is 0.254 e. The molecule has 0 saturated carbocycles. The number of amides is 1. The molecule has 0 aliphatic carbocycles. The maximum atomic E-state index is 12.9. The Kier molecular flexibility index (Phi) is 6.81. The summed E-state index contributed by atoms with van der Waals surface area (Å²) in [5, 5.41) is 11.7. The van der Waals surface area contributed by atoms with Gasteiger partial charge in [0.15, 0.2) is 0 Å². The molecule has 2 aromatic heterocycles. The van der Waals surface area contributed by atoms with Gasteiger partial charge in [-0.1, -0.05) is 24.3 Å². The van der Waals surface area contributed by atoms with Gasteiger partial charge in [0.1, 0.15) is 0 Å². The molecule has 170 valence electrons. The number of benzene rings is 2. The summed E-state index contributed by atoms with van der Waals surface area (Å²) in [6, 6.07) is 13.3. The molecule has 1 amide bonds. The summed E-state index contributed by atoms with van der Waals surface area (Å²) in [5.41, 5.74) is 2.22. The van der Waals surface area contributed by atoms with E-state index in [1.54, 1.807) is 59.4 Å². The predicted molar refractivity (Wildman–Crippen MR) is 123 cm³/mol. The standard InChI is InChI=1S/C24H24N4O4S/c29-14-2-1-3-18-4-8-21(9-5-18)33(31,32)22-10-6-19(7-11-22)15-26-23(30)20-16-27-24-25-12-13-28(24)17-20/h4-13,16-17,29H,1-3,14-15H2,(H,26,30). The maximum absolute atomic E-state index is 12.9. The van der Waals surface area contributed by atoms with E-state index in [4.69, 9.17) is 5.11 Å². The van der Waals surface area contributed by atoms with Gasteiger partial charge in [-0.25, -0.2) is 18.4 Å². The minimum atomic E-state index is -3.63. The summed E-state index contributed by atoms with van der Waals surface area (Å²) in [6.07, 6.45) is 8.81. The number of fused-ring (bicyclic) bond motifs is 1. The lowest BCUT2D eigenvalue weighted by Crippen LogP contribution is -2.23. The summed E-state index contributed by atoms with van der Waals surface area (Å²) in [6.45, 7) is 0.411. The van der Waals surface area contributed by atoms with Crippen molar-refractivity contribution in [2.45, 2.75) is 35.6 Å². The molecule has 9 heteroatoms. The zero-order valence-electron chi connectivity index (χ0n) is 17.9. The van der Waals surface area contributed by atoms with Gasteiger partial charge < -0.3 is 10.4 Å². The number of sulfone groups is 1. The lowest BCUT2D eigenvalue weighted by molar-refractivity contribution is 0.0950. The molecule has 2 N–H and O–H groups in total. The number of hydrogen-bond acceptors (Lipinski definition) is 6. The lowest BCUT2D eigenvalue weighted by atomic mass is 10.1. The van der Waals surface area contributed by atoms with E-state index in [-0.39, 0.29) is 28.8 Å². The third-order valence-corrected chi connectivity index (χ3v) is 7.09. The van der Waals surface area contributed by atoms with Crippen molar-refractivity contribution in [1.82, 2.24) is 19.7 Å². The number of carbonyl (C=O) groups is 1. The number of hydrogen-bond donors (Lipinski definition) is 2. The van der Waals surface area contributed by atoms with Crippen molar-refractivity contribution in [2.75, 3.05) is 6.61 Å². The highest BCUT2D eigenvalue weighted by atomic mass is 32.2. The number of aliphatic hydroxyl groups is 1. The van der Waals surface area contributed by atoms with Gasteiger partial charge in [-0.05, 0) is 54.7 Å². The fourth-order valence-electron chi connectivity index (χ4n) is 3.42. The van der Waals surface area contributed by atoms with E-state index in [2.05, 4.69) is 15.3 Å². The zero-order valence-corrected chi connectivity index (χ0v) is 18.7. The summed E-state index contributed by atoms with van der Waals surface area (Å²) in [5.74, 6) is 0.230.